The first-order valence-electron chi connectivity index (χ1n) is 5.26. The summed E-state index contributed by atoms with van der Waals surface area (Å²) in [5.74, 6) is 0.167. The Balaban J connectivity index is 2.34. The molecule has 0 saturated carbocycles. The van der Waals surface area contributed by atoms with Gasteiger partial charge in [0.2, 0.25) is 0 Å². The fourth-order valence-corrected chi connectivity index (χ4v) is 2.43. The van der Waals surface area contributed by atoms with Crippen molar-refractivity contribution in [1.29, 1.82) is 0 Å². The highest BCUT2D eigenvalue weighted by atomic mass is 32.1. The molecule has 1 unspecified atom stereocenters. The molecular weight excluding hydrogens is 237 g/mol. The summed E-state index contributed by atoms with van der Waals surface area (Å²) in [7, 11) is 1.51. The Kier molecular flexibility index (Phi) is 3.45. The molecule has 2 rings (SSSR count). The first-order chi connectivity index (χ1) is 8.11. The quantitative estimate of drug-likeness (QED) is 0.908. The van der Waals surface area contributed by atoms with Gasteiger partial charge in [0.05, 0.1) is 13.2 Å². The minimum Gasteiger partial charge on any atom is -0.497 e. The predicted octanol–water partition coefficient (Wildman–Crippen LogP) is 3.25. The topological polar surface area (TPSA) is 35.2 Å². The number of hydrogen-bond acceptors (Lipinski definition) is 3. The van der Waals surface area contributed by atoms with Crippen molar-refractivity contribution in [3.63, 3.8) is 0 Å². The molecule has 2 N–H and O–H groups in total. The summed E-state index contributed by atoms with van der Waals surface area (Å²) in [4.78, 5) is 1.17. The van der Waals surface area contributed by atoms with Crippen molar-refractivity contribution in [3.05, 3.63) is 51.5 Å². The number of rotatable bonds is 3. The third kappa shape index (κ3) is 2.48. The van der Waals surface area contributed by atoms with Crippen LogP contribution < -0.4 is 10.5 Å². The molecule has 90 valence electrons. The third-order valence-corrected chi connectivity index (χ3v) is 3.53. The fourth-order valence-electron chi connectivity index (χ4n) is 1.69. The van der Waals surface area contributed by atoms with Crippen LogP contribution in [0.4, 0.5) is 4.39 Å². The lowest BCUT2D eigenvalue weighted by atomic mass is 10.0. The van der Waals surface area contributed by atoms with Crippen LogP contribution in [-0.2, 0) is 0 Å². The summed E-state index contributed by atoms with van der Waals surface area (Å²) < 4.78 is 18.8. The molecule has 2 nitrogen and oxygen atoms in total. The molecule has 0 radical (unpaired) electrons. The zero-order valence-electron chi connectivity index (χ0n) is 9.74. The number of methoxy groups -OCH3 is 1. The SMILES string of the molecule is COc1ccc(C(N)c2csc(C)c2)c(F)c1. The summed E-state index contributed by atoms with van der Waals surface area (Å²) in [6.45, 7) is 2.01. The summed E-state index contributed by atoms with van der Waals surface area (Å²) in [6, 6.07) is 6.31. The summed E-state index contributed by atoms with van der Waals surface area (Å²) >= 11 is 1.61. The second-order valence-corrected chi connectivity index (χ2v) is 4.97. The molecule has 4 heteroatoms. The van der Waals surface area contributed by atoms with E-state index < -0.39 is 6.04 Å². The van der Waals surface area contributed by atoms with E-state index in [1.54, 1.807) is 23.5 Å². The van der Waals surface area contributed by atoms with Crippen molar-refractivity contribution >= 4 is 11.3 Å². The van der Waals surface area contributed by atoms with E-state index in [9.17, 15) is 4.39 Å². The molecule has 1 aromatic carbocycles. The standard InChI is InChI=1S/C13H14FNOS/c1-8-5-9(7-17-8)13(15)11-4-3-10(16-2)6-12(11)14/h3-7,13H,15H2,1-2H3. The zero-order valence-corrected chi connectivity index (χ0v) is 10.6. The highest BCUT2D eigenvalue weighted by molar-refractivity contribution is 7.10. The van der Waals surface area contributed by atoms with Gasteiger partial charge in [-0.2, -0.15) is 0 Å². The first kappa shape index (κ1) is 12.1. The lowest BCUT2D eigenvalue weighted by Gasteiger charge is -2.12. The van der Waals surface area contributed by atoms with Gasteiger partial charge in [0, 0.05) is 16.5 Å². The van der Waals surface area contributed by atoms with Crippen molar-refractivity contribution in [1.82, 2.24) is 0 Å². The number of ether oxygens (including phenoxy) is 1. The van der Waals surface area contributed by atoms with E-state index in [-0.39, 0.29) is 5.82 Å². The highest BCUT2D eigenvalue weighted by Crippen LogP contribution is 2.27. The second-order valence-electron chi connectivity index (χ2n) is 3.86. The Labute approximate surface area is 104 Å². The van der Waals surface area contributed by atoms with Gasteiger partial charge in [-0.05, 0) is 30.0 Å². The molecule has 0 aliphatic carbocycles. The highest BCUT2D eigenvalue weighted by Gasteiger charge is 2.15. The maximum Gasteiger partial charge on any atom is 0.132 e. The van der Waals surface area contributed by atoms with E-state index in [4.69, 9.17) is 10.5 Å². The van der Waals surface area contributed by atoms with Crippen molar-refractivity contribution in [2.75, 3.05) is 7.11 Å². The molecule has 0 aliphatic heterocycles. The van der Waals surface area contributed by atoms with Crippen LogP contribution in [0, 0.1) is 12.7 Å². The fraction of sp³-hybridized carbons (Fsp3) is 0.231. The van der Waals surface area contributed by atoms with E-state index in [1.807, 2.05) is 18.4 Å². The van der Waals surface area contributed by atoms with Gasteiger partial charge in [0.15, 0.2) is 0 Å². The molecule has 0 amide bonds. The zero-order chi connectivity index (χ0) is 12.4. The van der Waals surface area contributed by atoms with Crippen LogP contribution in [0.3, 0.4) is 0 Å². The Bertz CT molecular complexity index is 524. The molecule has 0 saturated heterocycles. The minimum atomic E-state index is -0.425. The number of halogens is 1. The Morgan fingerprint density at radius 2 is 2.12 bits per heavy atom. The molecule has 0 aliphatic rings. The Morgan fingerprint density at radius 1 is 1.35 bits per heavy atom. The largest absolute Gasteiger partial charge is 0.497 e. The molecule has 0 fully saturated rings. The normalized spacial score (nSPS) is 12.5. The van der Waals surface area contributed by atoms with Gasteiger partial charge in [-0.3, -0.25) is 0 Å². The van der Waals surface area contributed by atoms with E-state index in [2.05, 4.69) is 0 Å². The molecule has 0 bridgehead atoms. The van der Waals surface area contributed by atoms with Gasteiger partial charge in [0.25, 0.3) is 0 Å². The number of benzene rings is 1. The molecule has 2 aromatic rings. The average Bonchev–Trinajstić information content (AvgIpc) is 2.75. The van der Waals surface area contributed by atoms with E-state index >= 15 is 0 Å². The third-order valence-electron chi connectivity index (χ3n) is 2.65. The number of thiophene rings is 1. The number of nitrogens with two attached hydrogens (primary N) is 1. The monoisotopic (exact) mass is 251 g/mol. The van der Waals surface area contributed by atoms with E-state index in [0.29, 0.717) is 11.3 Å². The van der Waals surface area contributed by atoms with Crippen LogP contribution in [0.15, 0.2) is 29.6 Å². The summed E-state index contributed by atoms with van der Waals surface area (Å²) in [6.07, 6.45) is 0. The second kappa shape index (κ2) is 4.85. The van der Waals surface area contributed by atoms with Gasteiger partial charge in [-0.25, -0.2) is 4.39 Å². The van der Waals surface area contributed by atoms with Crippen LogP contribution in [0.25, 0.3) is 0 Å². The van der Waals surface area contributed by atoms with Crippen LogP contribution in [0.1, 0.15) is 22.0 Å². The van der Waals surface area contributed by atoms with Crippen LogP contribution in [0.2, 0.25) is 0 Å². The van der Waals surface area contributed by atoms with Gasteiger partial charge < -0.3 is 10.5 Å². The van der Waals surface area contributed by atoms with E-state index in [0.717, 1.165) is 5.56 Å². The van der Waals surface area contributed by atoms with Gasteiger partial charge in [0.1, 0.15) is 11.6 Å². The lowest BCUT2D eigenvalue weighted by molar-refractivity contribution is 0.410. The van der Waals surface area contributed by atoms with Crippen LogP contribution in [0.5, 0.6) is 5.75 Å². The van der Waals surface area contributed by atoms with Crippen molar-refractivity contribution < 1.29 is 9.13 Å². The number of aryl methyl sites for hydroxylation is 1. The molecule has 1 heterocycles. The van der Waals surface area contributed by atoms with Crippen LogP contribution >= 0.6 is 11.3 Å². The van der Waals surface area contributed by atoms with Crippen molar-refractivity contribution in [2.24, 2.45) is 5.73 Å². The summed E-state index contributed by atoms with van der Waals surface area (Å²) in [5, 5.41) is 1.96. The molecule has 17 heavy (non-hydrogen) atoms. The minimum absolute atomic E-state index is 0.333. The Hall–Kier alpha value is -1.39. The molecular formula is C13H14FNOS. The predicted molar refractivity (Wildman–Crippen MR) is 68.0 cm³/mol. The van der Waals surface area contributed by atoms with Gasteiger partial charge in [-0.1, -0.05) is 6.07 Å². The summed E-state index contributed by atoms with van der Waals surface area (Å²) in [5.41, 5.74) is 7.48. The first-order valence-corrected chi connectivity index (χ1v) is 6.14. The van der Waals surface area contributed by atoms with Crippen molar-refractivity contribution in [2.45, 2.75) is 13.0 Å². The number of hydrogen-bond donors (Lipinski definition) is 1. The molecule has 0 spiro atoms. The smallest absolute Gasteiger partial charge is 0.132 e. The lowest BCUT2D eigenvalue weighted by Crippen LogP contribution is -2.12. The molecule has 1 aromatic heterocycles. The van der Waals surface area contributed by atoms with Gasteiger partial charge >= 0.3 is 0 Å². The average molecular weight is 251 g/mol. The molecule has 1 atom stereocenters. The van der Waals surface area contributed by atoms with Crippen molar-refractivity contribution in [3.8, 4) is 5.75 Å². The maximum absolute atomic E-state index is 13.8. The van der Waals surface area contributed by atoms with Crippen LogP contribution in [-0.4, -0.2) is 7.11 Å². The van der Waals surface area contributed by atoms with Gasteiger partial charge in [-0.15, -0.1) is 11.3 Å². The maximum atomic E-state index is 13.8. The Morgan fingerprint density at radius 3 is 2.65 bits per heavy atom. The van der Waals surface area contributed by atoms with E-state index in [1.165, 1.54) is 18.1 Å².